The lowest BCUT2D eigenvalue weighted by molar-refractivity contribution is -0.141. The van der Waals surface area contributed by atoms with E-state index >= 15 is 0 Å². The molecular weight excluding hydrogens is 268 g/mol. The van der Waals surface area contributed by atoms with E-state index in [0.29, 0.717) is 5.92 Å². The Morgan fingerprint density at radius 3 is 2.43 bits per heavy atom. The Hall–Kier alpha value is -1.10. The molecule has 0 radical (unpaired) electrons. The standard InChI is InChI=1S/C16H28N2O3/c1-10-5-4-6-13(9-10)18(3)16(21)14(11(2)19)17-15(20)12-7-8-12/h10-14,19H,4-9H2,1-3H3,(H,17,20). The molecule has 0 heterocycles. The van der Waals surface area contributed by atoms with E-state index in [0.717, 1.165) is 32.1 Å². The first-order chi connectivity index (χ1) is 9.90. The van der Waals surface area contributed by atoms with E-state index in [4.69, 9.17) is 0 Å². The van der Waals surface area contributed by atoms with Crippen LogP contribution in [0.4, 0.5) is 0 Å². The second-order valence-corrected chi connectivity index (χ2v) is 6.88. The van der Waals surface area contributed by atoms with E-state index in [1.807, 2.05) is 0 Å². The van der Waals surface area contributed by atoms with Crippen LogP contribution in [0.15, 0.2) is 0 Å². The van der Waals surface area contributed by atoms with Crippen molar-refractivity contribution < 1.29 is 14.7 Å². The van der Waals surface area contributed by atoms with Gasteiger partial charge >= 0.3 is 0 Å². The Labute approximate surface area is 127 Å². The molecule has 2 fully saturated rings. The first kappa shape index (κ1) is 16.3. The van der Waals surface area contributed by atoms with Crippen molar-refractivity contribution in [2.75, 3.05) is 7.05 Å². The van der Waals surface area contributed by atoms with Crippen LogP contribution in [0, 0.1) is 11.8 Å². The van der Waals surface area contributed by atoms with Crippen LogP contribution >= 0.6 is 0 Å². The maximum atomic E-state index is 12.6. The van der Waals surface area contributed by atoms with E-state index in [2.05, 4.69) is 12.2 Å². The fourth-order valence-electron chi connectivity index (χ4n) is 3.16. The number of nitrogens with zero attached hydrogens (tertiary/aromatic N) is 1. The quantitative estimate of drug-likeness (QED) is 0.803. The number of rotatable bonds is 5. The number of hydrogen-bond donors (Lipinski definition) is 2. The topological polar surface area (TPSA) is 69.6 Å². The summed E-state index contributed by atoms with van der Waals surface area (Å²) in [6.45, 7) is 3.78. The molecule has 0 aliphatic heterocycles. The first-order valence-electron chi connectivity index (χ1n) is 8.15. The molecule has 2 aliphatic carbocycles. The summed E-state index contributed by atoms with van der Waals surface area (Å²) in [7, 11) is 1.80. The minimum Gasteiger partial charge on any atom is -0.391 e. The fourth-order valence-corrected chi connectivity index (χ4v) is 3.16. The number of aliphatic hydroxyl groups is 1. The van der Waals surface area contributed by atoms with Crippen molar-refractivity contribution in [1.29, 1.82) is 0 Å². The molecule has 0 spiro atoms. The maximum Gasteiger partial charge on any atom is 0.247 e. The van der Waals surface area contributed by atoms with Crippen LogP contribution in [0.2, 0.25) is 0 Å². The van der Waals surface area contributed by atoms with Gasteiger partial charge in [-0.3, -0.25) is 9.59 Å². The number of hydrogen-bond acceptors (Lipinski definition) is 3. The second kappa shape index (κ2) is 6.77. The molecule has 0 aromatic heterocycles. The highest BCUT2D eigenvalue weighted by Crippen LogP contribution is 2.29. The van der Waals surface area contributed by atoms with Gasteiger partial charge in [-0.25, -0.2) is 0 Å². The van der Waals surface area contributed by atoms with Gasteiger partial charge in [0.15, 0.2) is 0 Å². The molecule has 0 bridgehead atoms. The van der Waals surface area contributed by atoms with Gasteiger partial charge in [0.1, 0.15) is 6.04 Å². The average Bonchev–Trinajstić information content (AvgIpc) is 3.27. The molecule has 2 N–H and O–H groups in total. The van der Waals surface area contributed by atoms with E-state index in [1.165, 1.54) is 6.42 Å². The minimum absolute atomic E-state index is 0.0408. The summed E-state index contributed by atoms with van der Waals surface area (Å²) in [6, 6.07) is -0.597. The van der Waals surface area contributed by atoms with Crippen LogP contribution in [0.25, 0.3) is 0 Å². The normalized spacial score (nSPS) is 28.6. The summed E-state index contributed by atoms with van der Waals surface area (Å²) < 4.78 is 0. The van der Waals surface area contributed by atoms with Crippen LogP contribution < -0.4 is 5.32 Å². The zero-order valence-electron chi connectivity index (χ0n) is 13.3. The van der Waals surface area contributed by atoms with Crippen molar-refractivity contribution in [2.45, 2.75) is 70.6 Å². The Balaban J connectivity index is 1.97. The second-order valence-electron chi connectivity index (χ2n) is 6.88. The lowest BCUT2D eigenvalue weighted by atomic mass is 9.86. The van der Waals surface area contributed by atoms with Gasteiger partial charge in [-0.15, -0.1) is 0 Å². The van der Waals surface area contributed by atoms with Crippen molar-refractivity contribution >= 4 is 11.8 Å². The molecule has 5 heteroatoms. The van der Waals surface area contributed by atoms with Gasteiger partial charge in [0.2, 0.25) is 11.8 Å². The lowest BCUT2D eigenvalue weighted by Crippen LogP contribution is -2.55. The summed E-state index contributed by atoms with van der Waals surface area (Å²) in [5.74, 6) is 0.405. The third kappa shape index (κ3) is 4.19. The highest BCUT2D eigenvalue weighted by molar-refractivity contribution is 5.89. The lowest BCUT2D eigenvalue weighted by Gasteiger charge is -2.36. The molecule has 4 unspecified atom stereocenters. The van der Waals surface area contributed by atoms with Crippen LogP contribution in [0.5, 0.6) is 0 Å². The third-order valence-electron chi connectivity index (χ3n) is 4.80. The molecule has 2 rings (SSSR count). The molecule has 2 aliphatic rings. The Bertz CT molecular complexity index is 393. The monoisotopic (exact) mass is 296 g/mol. The summed E-state index contributed by atoms with van der Waals surface area (Å²) in [5.41, 5.74) is 0. The SMILES string of the molecule is CC1CCCC(N(C)C(=O)C(NC(=O)C2CC2)C(C)O)C1. The molecular formula is C16H28N2O3. The summed E-state index contributed by atoms with van der Waals surface area (Å²) in [6.07, 6.45) is 5.28. The number of carbonyl (C=O) groups is 2. The summed E-state index contributed by atoms with van der Waals surface area (Å²) >= 11 is 0. The average molecular weight is 296 g/mol. The smallest absolute Gasteiger partial charge is 0.247 e. The van der Waals surface area contributed by atoms with Crippen LogP contribution in [0.3, 0.4) is 0 Å². The van der Waals surface area contributed by atoms with Gasteiger partial charge in [0.05, 0.1) is 6.10 Å². The maximum absolute atomic E-state index is 12.6. The van der Waals surface area contributed by atoms with Crippen molar-refractivity contribution in [1.82, 2.24) is 10.2 Å². The van der Waals surface area contributed by atoms with Crippen molar-refractivity contribution in [3.05, 3.63) is 0 Å². The zero-order valence-corrected chi connectivity index (χ0v) is 13.3. The van der Waals surface area contributed by atoms with Crippen molar-refractivity contribution in [2.24, 2.45) is 11.8 Å². The molecule has 5 nitrogen and oxygen atoms in total. The highest BCUT2D eigenvalue weighted by Gasteiger charge is 2.36. The molecule has 21 heavy (non-hydrogen) atoms. The third-order valence-corrected chi connectivity index (χ3v) is 4.80. The zero-order chi connectivity index (χ0) is 15.6. The Morgan fingerprint density at radius 2 is 1.90 bits per heavy atom. The molecule has 0 aromatic rings. The number of aliphatic hydroxyl groups excluding tert-OH is 1. The van der Waals surface area contributed by atoms with Gasteiger partial charge in [-0.1, -0.05) is 19.8 Å². The van der Waals surface area contributed by atoms with Crippen molar-refractivity contribution in [3.8, 4) is 0 Å². The van der Waals surface area contributed by atoms with E-state index in [1.54, 1.807) is 18.9 Å². The van der Waals surface area contributed by atoms with Gasteiger partial charge in [0, 0.05) is 19.0 Å². The Morgan fingerprint density at radius 1 is 1.24 bits per heavy atom. The number of carbonyl (C=O) groups excluding carboxylic acids is 2. The predicted octanol–water partition coefficient (Wildman–Crippen LogP) is 1.30. The molecule has 2 saturated carbocycles. The molecule has 4 atom stereocenters. The summed E-state index contributed by atoms with van der Waals surface area (Å²) in [5, 5.41) is 12.6. The van der Waals surface area contributed by atoms with Crippen molar-refractivity contribution in [3.63, 3.8) is 0 Å². The molecule has 120 valence electrons. The number of nitrogens with one attached hydrogen (secondary N) is 1. The fraction of sp³-hybridized carbons (Fsp3) is 0.875. The number of likely N-dealkylation sites (N-methyl/N-ethyl adjacent to an activating group) is 1. The summed E-state index contributed by atoms with van der Waals surface area (Å²) in [4.78, 5) is 26.2. The van der Waals surface area contributed by atoms with E-state index in [9.17, 15) is 14.7 Å². The van der Waals surface area contributed by atoms with E-state index < -0.39 is 12.1 Å². The van der Waals surface area contributed by atoms with Gasteiger partial charge < -0.3 is 15.3 Å². The van der Waals surface area contributed by atoms with Crippen LogP contribution in [-0.4, -0.2) is 47.1 Å². The van der Waals surface area contributed by atoms with E-state index in [-0.39, 0.29) is 23.8 Å². The first-order valence-corrected chi connectivity index (χ1v) is 8.15. The van der Waals surface area contributed by atoms with Gasteiger partial charge in [0.25, 0.3) is 0 Å². The van der Waals surface area contributed by atoms with Gasteiger partial charge in [-0.2, -0.15) is 0 Å². The van der Waals surface area contributed by atoms with Crippen LogP contribution in [-0.2, 0) is 9.59 Å². The largest absolute Gasteiger partial charge is 0.391 e. The molecule has 0 aromatic carbocycles. The number of amides is 2. The van der Waals surface area contributed by atoms with Gasteiger partial charge in [-0.05, 0) is 38.5 Å². The highest BCUT2D eigenvalue weighted by atomic mass is 16.3. The Kier molecular flexibility index (Phi) is 5.25. The molecule has 0 saturated heterocycles. The predicted molar refractivity (Wildman–Crippen MR) is 80.5 cm³/mol. The minimum atomic E-state index is -0.872. The van der Waals surface area contributed by atoms with Crippen LogP contribution in [0.1, 0.15) is 52.4 Å². The molecule has 2 amide bonds.